The van der Waals surface area contributed by atoms with Gasteiger partial charge in [0.05, 0.1) is 3.79 Å². The molecule has 0 saturated carbocycles. The van der Waals surface area contributed by atoms with E-state index in [1.807, 2.05) is 6.92 Å². The molecular formula is C15H21BrO2S. The van der Waals surface area contributed by atoms with Gasteiger partial charge in [-0.05, 0) is 47.5 Å². The van der Waals surface area contributed by atoms with Crippen molar-refractivity contribution in [3.05, 3.63) is 44.1 Å². The summed E-state index contributed by atoms with van der Waals surface area (Å²) in [6, 6.07) is 4.26. The molecule has 1 heterocycles. The smallest absolute Gasteiger partial charge is 0.179 e. The number of allylic oxidation sites excluding steroid dienone is 3. The van der Waals surface area contributed by atoms with Crippen LogP contribution in [0.25, 0.3) is 0 Å². The zero-order valence-electron chi connectivity index (χ0n) is 12.1. The van der Waals surface area contributed by atoms with Crippen LogP contribution in [0.1, 0.15) is 31.6 Å². The Balaban J connectivity index is 2.79. The highest BCUT2D eigenvalue weighted by molar-refractivity contribution is 9.11. The molecule has 0 bridgehead atoms. The van der Waals surface area contributed by atoms with E-state index in [1.54, 1.807) is 25.6 Å². The van der Waals surface area contributed by atoms with E-state index < -0.39 is 0 Å². The first kappa shape index (κ1) is 16.6. The van der Waals surface area contributed by atoms with Gasteiger partial charge in [0.15, 0.2) is 6.29 Å². The lowest BCUT2D eigenvalue weighted by Gasteiger charge is -2.14. The van der Waals surface area contributed by atoms with Crippen LogP contribution in [0.2, 0.25) is 0 Å². The standard InChI is InChI=1S/C15H21BrO2S/c1-10(6-7-11(2)15(17-4)18-5)12(3)13-8-9-14(16)19-13/h6-9,12,15H,1-5H3/b10-6+,11-7+. The lowest BCUT2D eigenvalue weighted by atomic mass is 10.0. The van der Waals surface area contributed by atoms with Crippen molar-refractivity contribution in [3.8, 4) is 0 Å². The fourth-order valence-corrected chi connectivity index (χ4v) is 3.29. The third kappa shape index (κ3) is 4.88. The lowest BCUT2D eigenvalue weighted by molar-refractivity contribution is -0.0746. The number of halogens is 1. The maximum absolute atomic E-state index is 5.22. The topological polar surface area (TPSA) is 18.5 Å². The van der Waals surface area contributed by atoms with E-state index in [1.165, 1.54) is 14.2 Å². The Hall–Kier alpha value is -0.420. The molecule has 0 spiro atoms. The van der Waals surface area contributed by atoms with Crippen molar-refractivity contribution in [2.75, 3.05) is 14.2 Å². The number of hydrogen-bond donors (Lipinski definition) is 0. The van der Waals surface area contributed by atoms with E-state index in [0.717, 1.165) is 5.57 Å². The van der Waals surface area contributed by atoms with Gasteiger partial charge in [0.1, 0.15) is 0 Å². The first-order chi connectivity index (χ1) is 8.99. The van der Waals surface area contributed by atoms with Crippen molar-refractivity contribution >= 4 is 27.3 Å². The summed E-state index contributed by atoms with van der Waals surface area (Å²) in [6.45, 7) is 6.38. The first-order valence-corrected chi connectivity index (χ1v) is 7.76. The third-order valence-electron chi connectivity index (χ3n) is 3.11. The molecule has 0 radical (unpaired) electrons. The second kappa shape index (κ2) is 8.00. The Kier molecular flexibility index (Phi) is 7.00. The third-order valence-corrected chi connectivity index (χ3v) is 4.92. The molecule has 1 rings (SSSR count). The Bertz CT molecular complexity index is 458. The highest BCUT2D eigenvalue weighted by Crippen LogP contribution is 2.32. The fourth-order valence-electron chi connectivity index (χ4n) is 1.74. The second-order valence-electron chi connectivity index (χ2n) is 4.49. The first-order valence-electron chi connectivity index (χ1n) is 6.15. The van der Waals surface area contributed by atoms with E-state index in [-0.39, 0.29) is 6.29 Å². The molecule has 106 valence electrons. The Morgan fingerprint density at radius 3 is 2.21 bits per heavy atom. The van der Waals surface area contributed by atoms with Gasteiger partial charge in [0.25, 0.3) is 0 Å². The highest BCUT2D eigenvalue weighted by Gasteiger charge is 2.10. The molecular weight excluding hydrogens is 324 g/mol. The van der Waals surface area contributed by atoms with Crippen LogP contribution in [-0.2, 0) is 9.47 Å². The van der Waals surface area contributed by atoms with E-state index in [9.17, 15) is 0 Å². The van der Waals surface area contributed by atoms with Gasteiger partial charge in [0.2, 0.25) is 0 Å². The summed E-state index contributed by atoms with van der Waals surface area (Å²) in [5.74, 6) is 0.420. The Morgan fingerprint density at radius 1 is 1.16 bits per heavy atom. The van der Waals surface area contributed by atoms with Gasteiger partial charge in [-0.25, -0.2) is 0 Å². The summed E-state index contributed by atoms with van der Waals surface area (Å²) in [5, 5.41) is 0. The normalized spacial score (nSPS) is 15.1. The average Bonchev–Trinajstić information content (AvgIpc) is 2.83. The maximum atomic E-state index is 5.22. The number of ether oxygens (including phenoxy) is 2. The summed E-state index contributed by atoms with van der Waals surface area (Å²) >= 11 is 5.28. The molecule has 1 aromatic rings. The van der Waals surface area contributed by atoms with E-state index >= 15 is 0 Å². The summed E-state index contributed by atoms with van der Waals surface area (Å²) in [6.07, 6.45) is 3.93. The molecule has 0 N–H and O–H groups in total. The van der Waals surface area contributed by atoms with Crippen molar-refractivity contribution in [2.24, 2.45) is 0 Å². The number of thiophene rings is 1. The molecule has 0 aliphatic heterocycles. The SMILES string of the molecule is COC(OC)/C(C)=C/C=C(\C)C(C)c1ccc(Br)s1. The maximum Gasteiger partial charge on any atom is 0.179 e. The molecule has 0 aliphatic carbocycles. The Labute approximate surface area is 128 Å². The molecule has 1 aromatic heterocycles. The van der Waals surface area contributed by atoms with Gasteiger partial charge >= 0.3 is 0 Å². The second-order valence-corrected chi connectivity index (χ2v) is 6.98. The van der Waals surface area contributed by atoms with Crippen LogP contribution in [0.15, 0.2) is 39.2 Å². The van der Waals surface area contributed by atoms with Gasteiger partial charge < -0.3 is 9.47 Å². The van der Waals surface area contributed by atoms with Gasteiger partial charge in [-0.1, -0.05) is 24.6 Å². The monoisotopic (exact) mass is 344 g/mol. The molecule has 0 fully saturated rings. The van der Waals surface area contributed by atoms with Crippen LogP contribution >= 0.6 is 27.3 Å². The summed E-state index contributed by atoms with van der Waals surface area (Å²) < 4.78 is 11.6. The minimum Gasteiger partial charge on any atom is -0.352 e. The lowest BCUT2D eigenvalue weighted by Crippen LogP contribution is -2.13. The predicted octanol–water partition coefficient (Wildman–Crippen LogP) is 5.13. The predicted molar refractivity (Wildman–Crippen MR) is 85.8 cm³/mol. The van der Waals surface area contributed by atoms with Gasteiger partial charge in [-0.15, -0.1) is 11.3 Å². The number of rotatable bonds is 6. The molecule has 4 heteroatoms. The van der Waals surface area contributed by atoms with E-state index in [4.69, 9.17) is 9.47 Å². The molecule has 0 amide bonds. The van der Waals surface area contributed by atoms with E-state index in [0.29, 0.717) is 5.92 Å². The molecule has 2 nitrogen and oxygen atoms in total. The molecule has 0 aromatic carbocycles. The van der Waals surface area contributed by atoms with Crippen molar-refractivity contribution in [2.45, 2.75) is 33.0 Å². The molecule has 0 aliphatic rings. The minimum atomic E-state index is -0.268. The van der Waals surface area contributed by atoms with E-state index in [2.05, 4.69) is 54.1 Å². The minimum absolute atomic E-state index is 0.268. The fraction of sp³-hybridized carbons (Fsp3) is 0.467. The van der Waals surface area contributed by atoms with Crippen LogP contribution in [0.3, 0.4) is 0 Å². The van der Waals surface area contributed by atoms with Crippen LogP contribution in [0.5, 0.6) is 0 Å². The van der Waals surface area contributed by atoms with Crippen LogP contribution in [-0.4, -0.2) is 20.5 Å². The molecule has 19 heavy (non-hydrogen) atoms. The van der Waals surface area contributed by atoms with Crippen molar-refractivity contribution in [1.29, 1.82) is 0 Å². The van der Waals surface area contributed by atoms with Crippen molar-refractivity contribution in [3.63, 3.8) is 0 Å². The van der Waals surface area contributed by atoms with Crippen LogP contribution < -0.4 is 0 Å². The van der Waals surface area contributed by atoms with Crippen LogP contribution in [0, 0.1) is 0 Å². The summed E-state index contributed by atoms with van der Waals surface area (Å²) in [7, 11) is 3.29. The van der Waals surface area contributed by atoms with Crippen molar-refractivity contribution < 1.29 is 9.47 Å². The number of methoxy groups -OCH3 is 2. The number of hydrogen-bond acceptors (Lipinski definition) is 3. The quantitative estimate of drug-likeness (QED) is 0.526. The Morgan fingerprint density at radius 2 is 1.74 bits per heavy atom. The molecule has 1 atom stereocenters. The molecule has 0 saturated heterocycles. The highest BCUT2D eigenvalue weighted by atomic mass is 79.9. The van der Waals surface area contributed by atoms with Gasteiger partial charge in [0, 0.05) is 25.0 Å². The summed E-state index contributed by atoms with van der Waals surface area (Å²) in [4.78, 5) is 1.36. The van der Waals surface area contributed by atoms with Gasteiger partial charge in [-0.2, -0.15) is 0 Å². The largest absolute Gasteiger partial charge is 0.352 e. The average molecular weight is 345 g/mol. The molecule has 1 unspecified atom stereocenters. The van der Waals surface area contributed by atoms with Crippen molar-refractivity contribution in [1.82, 2.24) is 0 Å². The van der Waals surface area contributed by atoms with Gasteiger partial charge in [-0.3, -0.25) is 0 Å². The summed E-state index contributed by atoms with van der Waals surface area (Å²) in [5.41, 5.74) is 2.38. The zero-order valence-corrected chi connectivity index (χ0v) is 14.5. The zero-order chi connectivity index (χ0) is 14.4. The van der Waals surface area contributed by atoms with Crippen LogP contribution in [0.4, 0.5) is 0 Å².